The summed E-state index contributed by atoms with van der Waals surface area (Å²) < 4.78 is 11.6. The Bertz CT molecular complexity index is 584. The van der Waals surface area contributed by atoms with Crippen LogP contribution in [0.2, 0.25) is 4.34 Å². The van der Waals surface area contributed by atoms with E-state index in [1.165, 1.54) is 4.88 Å². The molecule has 0 aliphatic heterocycles. The topological polar surface area (TPSA) is 58.8 Å². The Labute approximate surface area is 145 Å². The predicted octanol–water partition coefficient (Wildman–Crippen LogP) is 3.31. The Morgan fingerprint density at radius 1 is 1.30 bits per heavy atom. The maximum atomic E-state index is 5.92. The van der Waals surface area contributed by atoms with Gasteiger partial charge in [0, 0.05) is 31.6 Å². The number of nitrogens with one attached hydrogen (secondary N) is 2. The minimum absolute atomic E-state index is 0.517. The average Bonchev–Trinajstić information content (AvgIpc) is 3.20. The quantitative estimate of drug-likeness (QED) is 0.411. The number of halogens is 1. The van der Waals surface area contributed by atoms with Crippen molar-refractivity contribution >= 4 is 28.9 Å². The smallest absolute Gasteiger partial charge is 0.190 e. The zero-order valence-corrected chi connectivity index (χ0v) is 14.8. The summed E-state index contributed by atoms with van der Waals surface area (Å²) in [4.78, 5) is 5.47. The SMILES string of the molecule is CN=C(NCCCOCc1ccco1)NCCc1ccc(Cl)s1. The standard InChI is InChI=1S/C16H22ClN3O2S/c1-18-16(20-9-7-14-5-6-15(17)23-14)19-8-3-10-21-12-13-4-2-11-22-13/h2,4-6,11H,3,7-10,12H2,1H3,(H2,18,19,20). The molecule has 0 aliphatic rings. The minimum Gasteiger partial charge on any atom is -0.467 e. The number of furan rings is 1. The van der Waals surface area contributed by atoms with Gasteiger partial charge in [0.1, 0.15) is 12.4 Å². The van der Waals surface area contributed by atoms with E-state index in [-0.39, 0.29) is 0 Å². The molecule has 0 fully saturated rings. The fourth-order valence-corrected chi connectivity index (χ4v) is 3.05. The van der Waals surface area contributed by atoms with Crippen LogP contribution in [-0.2, 0) is 17.8 Å². The van der Waals surface area contributed by atoms with Crippen LogP contribution in [0.5, 0.6) is 0 Å². The highest BCUT2D eigenvalue weighted by Gasteiger charge is 2.00. The first-order valence-electron chi connectivity index (χ1n) is 7.57. The molecule has 2 rings (SSSR count). The lowest BCUT2D eigenvalue weighted by Crippen LogP contribution is -2.38. The zero-order valence-electron chi connectivity index (χ0n) is 13.2. The Hall–Kier alpha value is -1.50. The van der Waals surface area contributed by atoms with Crippen LogP contribution in [0.15, 0.2) is 39.9 Å². The van der Waals surface area contributed by atoms with E-state index in [1.807, 2.05) is 18.2 Å². The van der Waals surface area contributed by atoms with E-state index < -0.39 is 0 Å². The van der Waals surface area contributed by atoms with Gasteiger partial charge in [0.15, 0.2) is 5.96 Å². The van der Waals surface area contributed by atoms with Crippen molar-refractivity contribution in [1.82, 2.24) is 10.6 Å². The molecule has 7 heteroatoms. The molecule has 2 aromatic rings. The number of aliphatic imine (C=N–C) groups is 1. The fourth-order valence-electron chi connectivity index (χ4n) is 1.96. The summed E-state index contributed by atoms with van der Waals surface area (Å²) >= 11 is 7.53. The highest BCUT2D eigenvalue weighted by molar-refractivity contribution is 7.16. The second-order valence-electron chi connectivity index (χ2n) is 4.87. The van der Waals surface area contributed by atoms with Gasteiger partial charge >= 0.3 is 0 Å². The largest absolute Gasteiger partial charge is 0.467 e. The molecule has 0 bridgehead atoms. The molecule has 0 amide bonds. The predicted molar refractivity (Wildman–Crippen MR) is 95.4 cm³/mol. The molecule has 0 spiro atoms. The van der Waals surface area contributed by atoms with E-state index in [2.05, 4.69) is 21.7 Å². The Morgan fingerprint density at radius 2 is 2.17 bits per heavy atom. The number of ether oxygens (including phenoxy) is 1. The van der Waals surface area contributed by atoms with Gasteiger partial charge in [-0.15, -0.1) is 11.3 Å². The maximum Gasteiger partial charge on any atom is 0.190 e. The molecule has 5 nitrogen and oxygen atoms in total. The lowest BCUT2D eigenvalue weighted by Gasteiger charge is -2.11. The van der Waals surface area contributed by atoms with E-state index in [0.29, 0.717) is 13.2 Å². The Morgan fingerprint density at radius 3 is 2.87 bits per heavy atom. The van der Waals surface area contributed by atoms with Gasteiger partial charge in [-0.2, -0.15) is 0 Å². The van der Waals surface area contributed by atoms with E-state index in [9.17, 15) is 0 Å². The number of hydrogen-bond donors (Lipinski definition) is 2. The van der Waals surface area contributed by atoms with Crippen molar-refractivity contribution in [3.63, 3.8) is 0 Å². The molecule has 0 radical (unpaired) electrons. The van der Waals surface area contributed by atoms with Gasteiger partial charge in [-0.1, -0.05) is 11.6 Å². The van der Waals surface area contributed by atoms with Crippen molar-refractivity contribution in [2.75, 3.05) is 26.7 Å². The number of guanidine groups is 1. The van der Waals surface area contributed by atoms with Gasteiger partial charge < -0.3 is 19.8 Å². The van der Waals surface area contributed by atoms with Gasteiger partial charge in [-0.25, -0.2) is 0 Å². The van der Waals surface area contributed by atoms with E-state index in [1.54, 1.807) is 24.6 Å². The van der Waals surface area contributed by atoms with Gasteiger partial charge in [-0.05, 0) is 37.1 Å². The second kappa shape index (κ2) is 10.3. The van der Waals surface area contributed by atoms with Crippen LogP contribution in [0, 0.1) is 0 Å². The van der Waals surface area contributed by atoms with Gasteiger partial charge in [0.25, 0.3) is 0 Å². The normalized spacial score (nSPS) is 11.7. The third-order valence-corrected chi connectivity index (χ3v) is 4.39. The van der Waals surface area contributed by atoms with Crippen LogP contribution < -0.4 is 10.6 Å². The van der Waals surface area contributed by atoms with Crippen LogP contribution >= 0.6 is 22.9 Å². The fraction of sp³-hybridized carbons (Fsp3) is 0.438. The van der Waals surface area contributed by atoms with Crippen LogP contribution in [0.3, 0.4) is 0 Å². The Balaban J connectivity index is 1.51. The summed E-state index contributed by atoms with van der Waals surface area (Å²) in [6, 6.07) is 7.75. The maximum absolute atomic E-state index is 5.92. The summed E-state index contributed by atoms with van der Waals surface area (Å²) in [5.74, 6) is 1.66. The number of hydrogen-bond acceptors (Lipinski definition) is 4. The lowest BCUT2D eigenvalue weighted by atomic mass is 10.3. The summed E-state index contributed by atoms with van der Waals surface area (Å²) in [6.07, 6.45) is 3.49. The van der Waals surface area contributed by atoms with E-state index in [4.69, 9.17) is 20.8 Å². The monoisotopic (exact) mass is 355 g/mol. The Kier molecular flexibility index (Phi) is 8.00. The van der Waals surface area contributed by atoms with E-state index >= 15 is 0 Å². The summed E-state index contributed by atoms with van der Waals surface area (Å²) in [5, 5.41) is 6.55. The molecular formula is C16H22ClN3O2S. The average molecular weight is 356 g/mol. The van der Waals surface area contributed by atoms with Crippen molar-refractivity contribution in [3.8, 4) is 0 Å². The highest BCUT2D eigenvalue weighted by Crippen LogP contribution is 2.21. The molecule has 0 aromatic carbocycles. The van der Waals surface area contributed by atoms with Crippen LogP contribution in [0.25, 0.3) is 0 Å². The van der Waals surface area contributed by atoms with Crippen molar-refractivity contribution in [3.05, 3.63) is 45.5 Å². The first kappa shape index (κ1) is 17.8. The molecule has 2 aromatic heterocycles. The molecule has 0 unspecified atom stereocenters. The molecule has 0 aliphatic carbocycles. The van der Waals surface area contributed by atoms with Crippen molar-refractivity contribution < 1.29 is 9.15 Å². The van der Waals surface area contributed by atoms with Crippen LogP contribution in [0.4, 0.5) is 0 Å². The molecule has 2 heterocycles. The van der Waals surface area contributed by atoms with Gasteiger partial charge in [0.2, 0.25) is 0 Å². The van der Waals surface area contributed by atoms with Gasteiger partial charge in [0.05, 0.1) is 10.6 Å². The molecule has 126 valence electrons. The number of thiophene rings is 1. The summed E-state index contributed by atoms with van der Waals surface area (Å²) in [6.45, 7) is 2.83. The molecule has 0 saturated carbocycles. The van der Waals surface area contributed by atoms with E-state index in [0.717, 1.165) is 42.0 Å². The number of rotatable bonds is 9. The molecule has 2 N–H and O–H groups in total. The zero-order chi connectivity index (χ0) is 16.3. The van der Waals surface area contributed by atoms with Crippen LogP contribution in [-0.4, -0.2) is 32.7 Å². The van der Waals surface area contributed by atoms with Gasteiger partial charge in [-0.3, -0.25) is 4.99 Å². The summed E-state index contributed by atoms with van der Waals surface area (Å²) in [7, 11) is 1.77. The third kappa shape index (κ3) is 7.07. The second-order valence-corrected chi connectivity index (χ2v) is 6.67. The third-order valence-electron chi connectivity index (χ3n) is 3.10. The summed E-state index contributed by atoms with van der Waals surface area (Å²) in [5.41, 5.74) is 0. The molecule has 23 heavy (non-hydrogen) atoms. The molecule has 0 saturated heterocycles. The van der Waals surface area contributed by atoms with Crippen molar-refractivity contribution in [2.24, 2.45) is 4.99 Å². The highest BCUT2D eigenvalue weighted by atomic mass is 35.5. The lowest BCUT2D eigenvalue weighted by molar-refractivity contribution is 0.105. The van der Waals surface area contributed by atoms with Crippen LogP contribution in [0.1, 0.15) is 17.1 Å². The minimum atomic E-state index is 0.517. The first-order valence-corrected chi connectivity index (χ1v) is 8.76. The molecular weight excluding hydrogens is 334 g/mol. The van der Waals surface area contributed by atoms with Crippen molar-refractivity contribution in [1.29, 1.82) is 0 Å². The number of nitrogens with zero attached hydrogens (tertiary/aromatic N) is 1. The van der Waals surface area contributed by atoms with Crippen molar-refractivity contribution in [2.45, 2.75) is 19.4 Å². The first-order chi connectivity index (χ1) is 11.3. The molecule has 0 atom stereocenters.